The number of fused-ring (bicyclic) bond motifs is 1. The van der Waals surface area contributed by atoms with Gasteiger partial charge in [0, 0.05) is 24.7 Å². The molecule has 0 atom stereocenters. The van der Waals surface area contributed by atoms with E-state index in [1.807, 2.05) is 18.2 Å². The zero-order chi connectivity index (χ0) is 18.8. The summed E-state index contributed by atoms with van der Waals surface area (Å²) in [5.74, 6) is 1.09. The summed E-state index contributed by atoms with van der Waals surface area (Å²) >= 11 is 0. The predicted octanol–water partition coefficient (Wildman–Crippen LogP) is 1.14. The van der Waals surface area contributed by atoms with Crippen molar-refractivity contribution in [1.82, 2.24) is 24.2 Å². The lowest BCUT2D eigenvalue weighted by atomic mass is 9.96. The Balaban J connectivity index is 1.28. The second-order valence-electron chi connectivity index (χ2n) is 6.86. The number of pyridine rings is 1. The Morgan fingerprint density at radius 1 is 1.30 bits per heavy atom. The zero-order valence-corrected chi connectivity index (χ0v) is 15.2. The third kappa shape index (κ3) is 3.77. The largest absolute Gasteiger partial charge is 0.360 e. The minimum absolute atomic E-state index is 0.0143. The van der Waals surface area contributed by atoms with Crippen LogP contribution >= 0.6 is 0 Å². The SMILES string of the molecule is Cc1cc(NC(=O)C2CCN(CCn3nc4ccccn4c3=O)CC2)no1. The molecule has 1 aliphatic heterocycles. The monoisotopic (exact) mass is 370 g/mol. The van der Waals surface area contributed by atoms with Crippen molar-refractivity contribution in [2.45, 2.75) is 26.3 Å². The molecule has 4 heterocycles. The molecule has 1 N–H and O–H groups in total. The van der Waals surface area contributed by atoms with Crippen LogP contribution in [0.4, 0.5) is 5.82 Å². The first-order valence-corrected chi connectivity index (χ1v) is 9.11. The lowest BCUT2D eigenvalue weighted by Crippen LogP contribution is -2.40. The van der Waals surface area contributed by atoms with E-state index in [9.17, 15) is 9.59 Å². The second-order valence-corrected chi connectivity index (χ2v) is 6.86. The summed E-state index contributed by atoms with van der Waals surface area (Å²) in [7, 11) is 0. The molecule has 0 bridgehead atoms. The summed E-state index contributed by atoms with van der Waals surface area (Å²) < 4.78 is 8.01. The number of amides is 1. The van der Waals surface area contributed by atoms with E-state index < -0.39 is 0 Å². The lowest BCUT2D eigenvalue weighted by Gasteiger charge is -2.30. The normalized spacial score (nSPS) is 16.0. The van der Waals surface area contributed by atoms with Gasteiger partial charge in [0.2, 0.25) is 5.91 Å². The van der Waals surface area contributed by atoms with Crippen molar-refractivity contribution in [3.63, 3.8) is 0 Å². The van der Waals surface area contributed by atoms with Gasteiger partial charge in [0.05, 0.1) is 6.54 Å². The van der Waals surface area contributed by atoms with Crippen LogP contribution in [-0.2, 0) is 11.3 Å². The third-order valence-corrected chi connectivity index (χ3v) is 4.95. The highest BCUT2D eigenvalue weighted by molar-refractivity contribution is 5.91. The van der Waals surface area contributed by atoms with Gasteiger partial charge in [-0.05, 0) is 45.0 Å². The molecule has 0 saturated carbocycles. The van der Waals surface area contributed by atoms with Gasteiger partial charge in [-0.3, -0.25) is 9.20 Å². The summed E-state index contributed by atoms with van der Waals surface area (Å²) in [6.45, 7) is 4.70. The second kappa shape index (κ2) is 7.36. The van der Waals surface area contributed by atoms with Crippen molar-refractivity contribution >= 4 is 17.4 Å². The van der Waals surface area contributed by atoms with Gasteiger partial charge in [-0.25, -0.2) is 9.48 Å². The van der Waals surface area contributed by atoms with E-state index in [1.54, 1.807) is 23.6 Å². The van der Waals surface area contributed by atoms with E-state index in [0.717, 1.165) is 32.5 Å². The summed E-state index contributed by atoms with van der Waals surface area (Å²) in [5, 5.41) is 11.0. The Labute approximate surface area is 155 Å². The van der Waals surface area contributed by atoms with Gasteiger partial charge in [-0.15, -0.1) is 5.10 Å². The highest BCUT2D eigenvalue weighted by Crippen LogP contribution is 2.19. The number of carbonyl (C=O) groups is 1. The van der Waals surface area contributed by atoms with Crippen molar-refractivity contribution in [2.75, 3.05) is 25.0 Å². The van der Waals surface area contributed by atoms with Crippen LogP contribution in [-0.4, -0.2) is 49.8 Å². The molecule has 1 amide bonds. The molecule has 1 saturated heterocycles. The quantitative estimate of drug-likeness (QED) is 0.723. The minimum Gasteiger partial charge on any atom is -0.360 e. The molecule has 0 aromatic carbocycles. The summed E-state index contributed by atoms with van der Waals surface area (Å²) in [6, 6.07) is 7.21. The van der Waals surface area contributed by atoms with E-state index in [1.165, 1.54) is 4.68 Å². The van der Waals surface area contributed by atoms with Gasteiger partial charge in [0.25, 0.3) is 0 Å². The van der Waals surface area contributed by atoms with E-state index in [0.29, 0.717) is 23.8 Å². The van der Waals surface area contributed by atoms with E-state index in [2.05, 4.69) is 20.5 Å². The average molecular weight is 370 g/mol. The molecule has 4 rings (SSSR count). The van der Waals surface area contributed by atoms with E-state index in [4.69, 9.17) is 4.52 Å². The van der Waals surface area contributed by atoms with Crippen molar-refractivity contribution in [3.05, 3.63) is 46.7 Å². The van der Waals surface area contributed by atoms with Crippen LogP contribution in [0, 0.1) is 12.8 Å². The predicted molar refractivity (Wildman–Crippen MR) is 98.5 cm³/mol. The molecule has 0 spiro atoms. The van der Waals surface area contributed by atoms with E-state index in [-0.39, 0.29) is 17.5 Å². The molecule has 142 valence electrons. The fraction of sp³-hybridized carbons (Fsp3) is 0.444. The number of rotatable bonds is 5. The van der Waals surface area contributed by atoms with Crippen LogP contribution in [0.5, 0.6) is 0 Å². The average Bonchev–Trinajstić information content (AvgIpc) is 3.23. The summed E-state index contributed by atoms with van der Waals surface area (Å²) in [6.07, 6.45) is 3.28. The molecule has 0 radical (unpaired) electrons. The van der Waals surface area contributed by atoms with Crippen LogP contribution in [0.25, 0.3) is 5.65 Å². The number of hydrogen-bond donors (Lipinski definition) is 1. The number of aryl methyl sites for hydroxylation is 1. The lowest BCUT2D eigenvalue weighted by molar-refractivity contribution is -0.121. The molecular weight excluding hydrogens is 348 g/mol. The van der Waals surface area contributed by atoms with Crippen LogP contribution in [0.1, 0.15) is 18.6 Å². The fourth-order valence-corrected chi connectivity index (χ4v) is 3.42. The van der Waals surface area contributed by atoms with Gasteiger partial charge < -0.3 is 14.7 Å². The van der Waals surface area contributed by atoms with Gasteiger partial charge in [-0.1, -0.05) is 11.2 Å². The van der Waals surface area contributed by atoms with Crippen LogP contribution in [0.15, 0.2) is 39.8 Å². The number of piperidine rings is 1. The topological polar surface area (TPSA) is 97.7 Å². The standard InChI is InChI=1S/C18H22N6O3/c1-13-12-15(21-27-13)19-17(25)14-5-8-22(9-6-14)10-11-24-18(26)23-7-3-2-4-16(23)20-24/h2-4,7,12,14H,5-6,8-11H2,1H3,(H,19,21,25). The molecule has 9 heteroatoms. The number of nitrogens with zero attached hydrogens (tertiary/aromatic N) is 5. The van der Waals surface area contributed by atoms with Gasteiger partial charge in [-0.2, -0.15) is 0 Å². The first-order chi connectivity index (χ1) is 13.1. The molecule has 0 unspecified atom stereocenters. The zero-order valence-electron chi connectivity index (χ0n) is 15.2. The molecule has 3 aromatic heterocycles. The molecule has 3 aromatic rings. The Bertz CT molecular complexity index is 996. The third-order valence-electron chi connectivity index (χ3n) is 4.95. The van der Waals surface area contributed by atoms with Crippen molar-refractivity contribution in [3.8, 4) is 0 Å². The van der Waals surface area contributed by atoms with E-state index >= 15 is 0 Å². The maximum absolute atomic E-state index is 12.3. The smallest absolute Gasteiger partial charge is 0.350 e. The highest BCUT2D eigenvalue weighted by atomic mass is 16.5. The van der Waals surface area contributed by atoms with Crippen LogP contribution in [0.3, 0.4) is 0 Å². The Morgan fingerprint density at radius 3 is 2.81 bits per heavy atom. The van der Waals surface area contributed by atoms with Crippen LogP contribution in [0.2, 0.25) is 0 Å². The summed E-state index contributed by atoms with van der Waals surface area (Å²) in [4.78, 5) is 26.9. The Morgan fingerprint density at radius 2 is 2.11 bits per heavy atom. The number of aromatic nitrogens is 4. The highest BCUT2D eigenvalue weighted by Gasteiger charge is 2.25. The number of anilines is 1. The number of carbonyl (C=O) groups excluding carboxylic acids is 1. The van der Waals surface area contributed by atoms with Crippen molar-refractivity contribution in [2.24, 2.45) is 5.92 Å². The first kappa shape index (κ1) is 17.5. The molecule has 0 aliphatic carbocycles. The maximum Gasteiger partial charge on any atom is 0.350 e. The number of hydrogen-bond acceptors (Lipinski definition) is 6. The first-order valence-electron chi connectivity index (χ1n) is 9.11. The number of likely N-dealkylation sites (tertiary alicyclic amines) is 1. The number of nitrogens with one attached hydrogen (secondary N) is 1. The summed E-state index contributed by atoms with van der Waals surface area (Å²) in [5.41, 5.74) is 0.531. The van der Waals surface area contributed by atoms with Crippen molar-refractivity contribution in [1.29, 1.82) is 0 Å². The fourth-order valence-electron chi connectivity index (χ4n) is 3.42. The minimum atomic E-state index is -0.122. The van der Waals surface area contributed by atoms with Crippen LogP contribution < -0.4 is 11.0 Å². The van der Waals surface area contributed by atoms with Gasteiger partial charge in [0.1, 0.15) is 5.76 Å². The Kier molecular flexibility index (Phi) is 4.76. The van der Waals surface area contributed by atoms with Crippen molar-refractivity contribution < 1.29 is 9.32 Å². The molecule has 9 nitrogen and oxygen atoms in total. The Hall–Kier alpha value is -2.94. The molecule has 1 aliphatic rings. The molecule has 27 heavy (non-hydrogen) atoms. The molecule has 1 fully saturated rings. The van der Waals surface area contributed by atoms with Gasteiger partial charge in [0.15, 0.2) is 11.5 Å². The van der Waals surface area contributed by atoms with Gasteiger partial charge >= 0.3 is 5.69 Å². The maximum atomic E-state index is 12.3. The molecular formula is C18H22N6O3.